The maximum absolute atomic E-state index is 12.6. The van der Waals surface area contributed by atoms with Crippen LogP contribution in [0.3, 0.4) is 0 Å². The summed E-state index contributed by atoms with van der Waals surface area (Å²) in [5.74, 6) is 0.598. The van der Waals surface area contributed by atoms with Crippen LogP contribution in [-0.2, 0) is 10.0 Å². The van der Waals surface area contributed by atoms with E-state index in [4.69, 9.17) is 4.74 Å². The van der Waals surface area contributed by atoms with Crippen molar-refractivity contribution < 1.29 is 18.3 Å². The summed E-state index contributed by atoms with van der Waals surface area (Å²) >= 11 is 0. The largest absolute Gasteiger partial charge is 0.497 e. The highest BCUT2D eigenvalue weighted by atomic mass is 32.2. The van der Waals surface area contributed by atoms with E-state index in [2.05, 4.69) is 6.58 Å². The summed E-state index contributed by atoms with van der Waals surface area (Å²) in [5.41, 5.74) is -0.922. The van der Waals surface area contributed by atoms with E-state index < -0.39 is 15.6 Å². The molecular weight excluding hydrogens is 290 g/mol. The molecule has 0 atom stereocenters. The number of aliphatic hydroxyl groups is 1. The fourth-order valence-electron chi connectivity index (χ4n) is 1.75. The van der Waals surface area contributed by atoms with E-state index in [1.807, 2.05) is 0 Å². The summed E-state index contributed by atoms with van der Waals surface area (Å²) in [6.07, 6.45) is 1.88. The zero-order chi connectivity index (χ0) is 16.1. The topological polar surface area (TPSA) is 66.8 Å². The van der Waals surface area contributed by atoms with Gasteiger partial charge in [-0.25, -0.2) is 8.42 Å². The predicted molar refractivity (Wildman–Crippen MR) is 82.9 cm³/mol. The van der Waals surface area contributed by atoms with E-state index in [9.17, 15) is 13.5 Å². The lowest BCUT2D eigenvalue weighted by molar-refractivity contribution is 0.0662. The van der Waals surface area contributed by atoms with Crippen molar-refractivity contribution in [2.24, 2.45) is 0 Å². The molecule has 1 rings (SSSR count). The molecule has 0 unspecified atom stereocenters. The Kier molecular flexibility index (Phi) is 5.95. The predicted octanol–water partition coefficient (Wildman–Crippen LogP) is 2.03. The van der Waals surface area contributed by atoms with Crippen molar-refractivity contribution in [2.75, 3.05) is 20.2 Å². The van der Waals surface area contributed by atoms with Gasteiger partial charge in [0.15, 0.2) is 0 Å². The molecule has 1 aromatic carbocycles. The molecule has 0 amide bonds. The lowest BCUT2D eigenvalue weighted by Crippen LogP contribution is -2.35. The van der Waals surface area contributed by atoms with Crippen molar-refractivity contribution in [3.63, 3.8) is 0 Å². The Morgan fingerprint density at radius 1 is 1.33 bits per heavy atom. The van der Waals surface area contributed by atoms with Crippen LogP contribution in [0.1, 0.15) is 20.3 Å². The summed E-state index contributed by atoms with van der Waals surface area (Å²) in [6.45, 7) is 7.32. The number of sulfonamides is 1. The van der Waals surface area contributed by atoms with Gasteiger partial charge < -0.3 is 9.84 Å². The monoisotopic (exact) mass is 313 g/mol. The van der Waals surface area contributed by atoms with Crippen LogP contribution in [-0.4, -0.2) is 43.6 Å². The SMILES string of the molecule is C=CCN(CCC(C)(C)O)S(=O)(=O)c1ccc(OC)cc1. The Morgan fingerprint density at radius 2 is 1.90 bits per heavy atom. The molecule has 118 valence electrons. The minimum absolute atomic E-state index is 0.195. The molecule has 5 nitrogen and oxygen atoms in total. The first-order chi connectivity index (χ1) is 9.70. The number of hydrogen-bond donors (Lipinski definition) is 1. The van der Waals surface area contributed by atoms with Gasteiger partial charge in [-0.3, -0.25) is 0 Å². The van der Waals surface area contributed by atoms with Crippen LogP contribution in [0.2, 0.25) is 0 Å². The fourth-order valence-corrected chi connectivity index (χ4v) is 3.16. The molecule has 0 radical (unpaired) electrons. The van der Waals surface area contributed by atoms with E-state index in [0.717, 1.165) is 0 Å². The molecular formula is C15H23NO4S. The number of ether oxygens (including phenoxy) is 1. The Balaban J connectivity index is 3.00. The zero-order valence-electron chi connectivity index (χ0n) is 12.7. The minimum atomic E-state index is -3.62. The Labute approximate surface area is 126 Å². The number of benzene rings is 1. The second-order valence-electron chi connectivity index (χ2n) is 5.39. The van der Waals surface area contributed by atoms with Crippen LogP contribution in [0.4, 0.5) is 0 Å². The Bertz CT molecular complexity index is 558. The van der Waals surface area contributed by atoms with Crippen LogP contribution in [0, 0.1) is 0 Å². The summed E-state index contributed by atoms with van der Waals surface area (Å²) in [7, 11) is -2.09. The molecule has 21 heavy (non-hydrogen) atoms. The van der Waals surface area contributed by atoms with Gasteiger partial charge >= 0.3 is 0 Å². The van der Waals surface area contributed by atoms with Crippen LogP contribution >= 0.6 is 0 Å². The molecule has 0 bridgehead atoms. The number of nitrogens with zero attached hydrogens (tertiary/aromatic N) is 1. The number of methoxy groups -OCH3 is 1. The van der Waals surface area contributed by atoms with E-state index in [0.29, 0.717) is 12.2 Å². The van der Waals surface area contributed by atoms with Gasteiger partial charge in [0.05, 0.1) is 17.6 Å². The van der Waals surface area contributed by atoms with Crippen LogP contribution in [0.15, 0.2) is 41.8 Å². The van der Waals surface area contributed by atoms with Gasteiger partial charge in [0.25, 0.3) is 0 Å². The van der Waals surface area contributed by atoms with E-state index in [-0.39, 0.29) is 18.0 Å². The van der Waals surface area contributed by atoms with Crippen molar-refractivity contribution in [3.8, 4) is 5.75 Å². The summed E-state index contributed by atoms with van der Waals surface area (Å²) < 4.78 is 31.5. The Morgan fingerprint density at radius 3 is 2.33 bits per heavy atom. The van der Waals surface area contributed by atoms with E-state index >= 15 is 0 Å². The molecule has 1 aromatic rings. The molecule has 0 aromatic heterocycles. The van der Waals surface area contributed by atoms with Gasteiger partial charge in [-0.1, -0.05) is 6.08 Å². The second-order valence-corrected chi connectivity index (χ2v) is 7.33. The van der Waals surface area contributed by atoms with Gasteiger partial charge in [-0.05, 0) is 44.5 Å². The highest BCUT2D eigenvalue weighted by Crippen LogP contribution is 2.21. The molecule has 0 saturated heterocycles. The Hall–Kier alpha value is -1.37. The third kappa shape index (κ3) is 5.15. The van der Waals surface area contributed by atoms with Gasteiger partial charge in [-0.15, -0.1) is 6.58 Å². The molecule has 6 heteroatoms. The molecule has 0 aliphatic carbocycles. The van der Waals surface area contributed by atoms with Crippen LogP contribution < -0.4 is 4.74 Å². The van der Waals surface area contributed by atoms with Crippen molar-refractivity contribution >= 4 is 10.0 Å². The molecule has 0 aliphatic heterocycles. The van der Waals surface area contributed by atoms with E-state index in [1.54, 1.807) is 26.0 Å². The molecule has 0 aliphatic rings. The van der Waals surface area contributed by atoms with Crippen molar-refractivity contribution in [3.05, 3.63) is 36.9 Å². The van der Waals surface area contributed by atoms with Gasteiger partial charge in [0.1, 0.15) is 5.75 Å². The van der Waals surface area contributed by atoms with Gasteiger partial charge in [-0.2, -0.15) is 4.31 Å². The van der Waals surface area contributed by atoms with Crippen molar-refractivity contribution in [2.45, 2.75) is 30.8 Å². The van der Waals surface area contributed by atoms with Crippen LogP contribution in [0.25, 0.3) is 0 Å². The average Bonchev–Trinajstić information content (AvgIpc) is 2.42. The standard InChI is InChI=1S/C15H23NO4S/c1-5-11-16(12-10-15(2,3)17)21(18,19)14-8-6-13(20-4)7-9-14/h5-9,17H,1,10-12H2,2-4H3. The molecule has 0 fully saturated rings. The lowest BCUT2D eigenvalue weighted by atomic mass is 10.1. The van der Waals surface area contributed by atoms with Gasteiger partial charge in [0.2, 0.25) is 10.0 Å². The van der Waals surface area contributed by atoms with Crippen molar-refractivity contribution in [1.29, 1.82) is 0 Å². The first kappa shape index (κ1) is 17.7. The molecule has 1 N–H and O–H groups in total. The quantitative estimate of drug-likeness (QED) is 0.746. The number of rotatable bonds is 8. The van der Waals surface area contributed by atoms with Crippen molar-refractivity contribution in [1.82, 2.24) is 4.31 Å². The summed E-state index contributed by atoms with van der Waals surface area (Å²) in [5, 5.41) is 9.78. The van der Waals surface area contributed by atoms with Crippen LogP contribution in [0.5, 0.6) is 5.75 Å². The normalized spacial score (nSPS) is 12.4. The average molecular weight is 313 g/mol. The highest BCUT2D eigenvalue weighted by molar-refractivity contribution is 7.89. The third-order valence-electron chi connectivity index (χ3n) is 3.00. The summed E-state index contributed by atoms with van der Waals surface area (Å²) in [4.78, 5) is 0.195. The third-order valence-corrected chi connectivity index (χ3v) is 4.88. The first-order valence-corrected chi connectivity index (χ1v) is 8.12. The minimum Gasteiger partial charge on any atom is -0.497 e. The molecule has 0 heterocycles. The zero-order valence-corrected chi connectivity index (χ0v) is 13.6. The highest BCUT2D eigenvalue weighted by Gasteiger charge is 2.25. The summed E-state index contributed by atoms with van der Waals surface area (Å²) in [6, 6.07) is 6.23. The second kappa shape index (κ2) is 7.06. The number of hydrogen-bond acceptors (Lipinski definition) is 4. The molecule has 0 spiro atoms. The smallest absolute Gasteiger partial charge is 0.243 e. The maximum Gasteiger partial charge on any atom is 0.243 e. The maximum atomic E-state index is 12.6. The van der Waals surface area contributed by atoms with Gasteiger partial charge in [0, 0.05) is 13.1 Å². The van der Waals surface area contributed by atoms with E-state index in [1.165, 1.54) is 29.6 Å². The first-order valence-electron chi connectivity index (χ1n) is 6.68. The molecule has 0 saturated carbocycles. The lowest BCUT2D eigenvalue weighted by Gasteiger charge is -2.25. The fraction of sp³-hybridized carbons (Fsp3) is 0.467.